The van der Waals surface area contributed by atoms with Crippen molar-refractivity contribution in [3.63, 3.8) is 0 Å². The van der Waals surface area contributed by atoms with Crippen molar-refractivity contribution in [3.8, 4) is 0 Å². The molecule has 1 aliphatic heterocycles. The van der Waals surface area contributed by atoms with Crippen LogP contribution in [0.3, 0.4) is 0 Å². The zero-order valence-corrected chi connectivity index (χ0v) is 10.0. The number of thiazole rings is 1. The molecule has 82 valence electrons. The highest BCUT2D eigenvalue weighted by molar-refractivity contribution is 7.20. The van der Waals surface area contributed by atoms with Gasteiger partial charge in [-0.15, -0.1) is 0 Å². The van der Waals surface area contributed by atoms with Crippen molar-refractivity contribution in [2.45, 2.75) is 38.9 Å². The van der Waals surface area contributed by atoms with Crippen LogP contribution in [0, 0.1) is 5.26 Å². The van der Waals surface area contributed by atoms with E-state index in [2.05, 4.69) is 4.98 Å². The van der Waals surface area contributed by atoms with Gasteiger partial charge in [-0.1, -0.05) is 11.3 Å². The zero-order chi connectivity index (χ0) is 11.3. The molecule has 0 spiro atoms. The summed E-state index contributed by atoms with van der Waals surface area (Å²) in [6.07, 6.45) is 1.46. The molecule has 0 atom stereocenters. The fourth-order valence-electron chi connectivity index (χ4n) is 1.33. The fraction of sp³-hybridized carbons (Fsp3) is 0.667. The van der Waals surface area contributed by atoms with Gasteiger partial charge in [0.1, 0.15) is 0 Å². The lowest BCUT2D eigenvalue weighted by Gasteiger charge is -2.32. The van der Waals surface area contributed by atoms with E-state index in [4.69, 9.17) is 9.31 Å². The largest absolute Gasteiger partial charge is 0.507 e. The maximum absolute atomic E-state index is 12.8. The van der Waals surface area contributed by atoms with Crippen LogP contribution in [0.2, 0.25) is 0 Å². The van der Waals surface area contributed by atoms with Gasteiger partial charge in [-0.05, 0) is 27.7 Å². The molecule has 1 aromatic heterocycles. The van der Waals surface area contributed by atoms with E-state index >= 15 is 0 Å². The third kappa shape index (κ3) is 1.81. The molecule has 1 aliphatic rings. The lowest BCUT2D eigenvalue weighted by atomic mass is 9.89. The molecular weight excluding hydrogens is 216 g/mol. The molecule has 2 heterocycles. The van der Waals surface area contributed by atoms with Crippen LogP contribution in [0.4, 0.5) is 4.39 Å². The second-order valence-corrected chi connectivity index (χ2v) is 5.62. The molecule has 0 aromatic carbocycles. The normalized spacial score (nSPS) is 23.4. The van der Waals surface area contributed by atoms with Gasteiger partial charge >= 0.3 is 7.12 Å². The summed E-state index contributed by atoms with van der Waals surface area (Å²) >= 11 is 0.959. The lowest BCUT2D eigenvalue weighted by molar-refractivity contribution is 0.00578. The molecule has 1 aromatic rings. The molecule has 0 radical (unpaired) electrons. The maximum atomic E-state index is 12.8. The Bertz CT molecular complexity index is 364. The molecule has 0 N–H and O–H groups in total. The summed E-state index contributed by atoms with van der Waals surface area (Å²) in [4.78, 5) is 3.55. The van der Waals surface area contributed by atoms with Crippen molar-refractivity contribution in [3.05, 3.63) is 11.5 Å². The number of hydrogen-bond donors (Lipinski definition) is 0. The van der Waals surface area contributed by atoms with E-state index in [1.54, 1.807) is 0 Å². The average Bonchev–Trinajstić information content (AvgIpc) is 2.56. The van der Waals surface area contributed by atoms with Crippen molar-refractivity contribution >= 4 is 23.2 Å². The Labute approximate surface area is 92.8 Å². The van der Waals surface area contributed by atoms with Gasteiger partial charge in [0.25, 0.3) is 5.26 Å². The molecule has 1 fully saturated rings. The Morgan fingerprint density at radius 3 is 2.20 bits per heavy atom. The van der Waals surface area contributed by atoms with E-state index in [9.17, 15) is 4.39 Å². The first-order valence-corrected chi connectivity index (χ1v) is 5.60. The van der Waals surface area contributed by atoms with E-state index in [1.807, 2.05) is 27.7 Å². The zero-order valence-electron chi connectivity index (χ0n) is 9.20. The topological polar surface area (TPSA) is 31.4 Å². The predicted molar refractivity (Wildman–Crippen MR) is 57.8 cm³/mol. The van der Waals surface area contributed by atoms with Gasteiger partial charge in [0.2, 0.25) is 0 Å². The van der Waals surface area contributed by atoms with Gasteiger partial charge < -0.3 is 9.31 Å². The summed E-state index contributed by atoms with van der Waals surface area (Å²) < 4.78 is 24.9. The Balaban J connectivity index is 2.23. The van der Waals surface area contributed by atoms with Crippen LogP contribution < -0.4 is 4.78 Å². The van der Waals surface area contributed by atoms with Crippen LogP contribution in [0.25, 0.3) is 0 Å². The van der Waals surface area contributed by atoms with Crippen LogP contribution in [0.15, 0.2) is 6.20 Å². The molecule has 0 unspecified atom stereocenters. The highest BCUT2D eigenvalue weighted by atomic mass is 32.1. The van der Waals surface area contributed by atoms with Crippen LogP contribution >= 0.6 is 11.3 Å². The molecule has 6 heteroatoms. The second-order valence-electron chi connectivity index (χ2n) is 4.60. The maximum Gasteiger partial charge on any atom is 0.507 e. The summed E-state index contributed by atoms with van der Waals surface area (Å²) in [6, 6.07) is 0. The van der Waals surface area contributed by atoms with Crippen molar-refractivity contribution in [2.24, 2.45) is 0 Å². The molecule has 0 amide bonds. The first kappa shape index (κ1) is 11.0. The average molecular weight is 229 g/mol. The quantitative estimate of drug-likeness (QED) is 0.685. The van der Waals surface area contributed by atoms with Gasteiger partial charge in [-0.3, -0.25) is 0 Å². The van der Waals surface area contributed by atoms with Gasteiger partial charge in [-0.25, -0.2) is 4.98 Å². The molecule has 0 aliphatic carbocycles. The van der Waals surface area contributed by atoms with Crippen LogP contribution in [0.5, 0.6) is 0 Å². The highest BCUT2D eigenvalue weighted by Gasteiger charge is 2.52. The Morgan fingerprint density at radius 2 is 1.80 bits per heavy atom. The smallest absolute Gasteiger partial charge is 0.399 e. The van der Waals surface area contributed by atoms with Crippen molar-refractivity contribution in [1.29, 1.82) is 0 Å². The summed E-state index contributed by atoms with van der Waals surface area (Å²) in [6.45, 7) is 7.85. The van der Waals surface area contributed by atoms with Crippen LogP contribution in [-0.2, 0) is 9.31 Å². The van der Waals surface area contributed by atoms with Gasteiger partial charge in [-0.2, -0.15) is 4.39 Å². The molecule has 1 saturated heterocycles. The molecular formula is C9H13BFNO2S. The van der Waals surface area contributed by atoms with Gasteiger partial charge in [0.15, 0.2) is 0 Å². The number of hydrogen-bond acceptors (Lipinski definition) is 4. The number of halogens is 1. The van der Waals surface area contributed by atoms with E-state index in [-0.39, 0.29) is 0 Å². The van der Waals surface area contributed by atoms with E-state index in [0.29, 0.717) is 4.78 Å². The molecule has 0 saturated carbocycles. The minimum absolute atomic E-state index is 0.391. The first-order chi connectivity index (χ1) is 6.82. The van der Waals surface area contributed by atoms with Crippen LogP contribution in [-0.4, -0.2) is 23.3 Å². The predicted octanol–water partition coefficient (Wildman–Crippen LogP) is 1.58. The van der Waals surface area contributed by atoms with Crippen LogP contribution in [0.1, 0.15) is 27.7 Å². The van der Waals surface area contributed by atoms with Crippen molar-refractivity contribution < 1.29 is 13.7 Å². The number of rotatable bonds is 1. The summed E-state index contributed by atoms with van der Waals surface area (Å²) in [5.41, 5.74) is -0.781. The standard InChI is InChI=1S/C9H13BFNO2S/c1-8(2)9(3,4)14-10(13-8)6-5-12-7(11)15-6/h5H,1-4H3. The third-order valence-corrected chi connectivity index (χ3v) is 3.79. The summed E-state index contributed by atoms with van der Waals surface area (Å²) in [5, 5.41) is -0.459. The number of nitrogens with zero attached hydrogens (tertiary/aromatic N) is 1. The second kappa shape index (κ2) is 3.27. The first-order valence-electron chi connectivity index (χ1n) is 4.79. The Morgan fingerprint density at radius 1 is 1.27 bits per heavy atom. The van der Waals surface area contributed by atoms with E-state index in [0.717, 1.165) is 11.3 Å². The lowest BCUT2D eigenvalue weighted by Crippen LogP contribution is -2.41. The fourth-order valence-corrected chi connectivity index (χ4v) is 1.93. The number of aromatic nitrogens is 1. The van der Waals surface area contributed by atoms with Gasteiger partial charge in [0.05, 0.1) is 16.0 Å². The Hall–Kier alpha value is -0.455. The minimum Gasteiger partial charge on any atom is -0.399 e. The van der Waals surface area contributed by atoms with Crippen molar-refractivity contribution in [2.75, 3.05) is 0 Å². The third-order valence-electron chi connectivity index (χ3n) is 2.98. The highest BCUT2D eigenvalue weighted by Crippen LogP contribution is 2.36. The SMILES string of the molecule is CC1(C)OB(c2cnc(F)s2)OC1(C)C. The molecule has 15 heavy (non-hydrogen) atoms. The summed E-state index contributed by atoms with van der Waals surface area (Å²) in [7, 11) is -0.503. The summed E-state index contributed by atoms with van der Waals surface area (Å²) in [5.74, 6) is 0. The molecule has 3 nitrogen and oxygen atoms in total. The monoisotopic (exact) mass is 229 g/mol. The molecule has 2 rings (SSSR count). The minimum atomic E-state index is -0.503. The van der Waals surface area contributed by atoms with Crippen molar-refractivity contribution in [1.82, 2.24) is 4.98 Å². The van der Waals surface area contributed by atoms with Gasteiger partial charge in [0, 0.05) is 6.20 Å². The van der Waals surface area contributed by atoms with E-state index in [1.165, 1.54) is 6.20 Å². The van der Waals surface area contributed by atoms with E-state index < -0.39 is 23.6 Å². The Kier molecular flexibility index (Phi) is 2.40. The molecule has 0 bridgehead atoms.